The minimum absolute atomic E-state index is 0.0250. The SMILES string of the molecule is O=C(CN1CCN(c2ccccn2)CC1)Nc1nc(-c2ccc(Br)cc2)cs1. The van der Waals surface area contributed by atoms with Crippen LogP contribution in [0.3, 0.4) is 0 Å². The highest BCUT2D eigenvalue weighted by atomic mass is 79.9. The molecule has 4 rings (SSSR count). The number of pyridine rings is 1. The monoisotopic (exact) mass is 457 g/mol. The van der Waals surface area contributed by atoms with Gasteiger partial charge in [0.1, 0.15) is 5.82 Å². The lowest BCUT2D eigenvalue weighted by atomic mass is 10.2. The van der Waals surface area contributed by atoms with Gasteiger partial charge in [-0.15, -0.1) is 11.3 Å². The van der Waals surface area contributed by atoms with Crippen molar-refractivity contribution in [2.45, 2.75) is 0 Å². The molecule has 0 bridgehead atoms. The van der Waals surface area contributed by atoms with Crippen LogP contribution in [0.1, 0.15) is 0 Å². The number of halogens is 1. The Bertz CT molecular complexity index is 923. The molecule has 3 heterocycles. The molecule has 3 aromatic rings. The lowest BCUT2D eigenvalue weighted by molar-refractivity contribution is -0.117. The van der Waals surface area contributed by atoms with Gasteiger partial charge in [-0.25, -0.2) is 9.97 Å². The smallest absolute Gasteiger partial charge is 0.240 e. The molecule has 1 N–H and O–H groups in total. The number of amides is 1. The summed E-state index contributed by atoms with van der Waals surface area (Å²) in [6.07, 6.45) is 1.81. The zero-order valence-electron chi connectivity index (χ0n) is 15.2. The van der Waals surface area contributed by atoms with Crippen molar-refractivity contribution in [3.8, 4) is 11.3 Å². The molecule has 1 saturated heterocycles. The van der Waals surface area contributed by atoms with Gasteiger partial charge in [-0.3, -0.25) is 9.69 Å². The van der Waals surface area contributed by atoms with Crippen molar-refractivity contribution in [2.24, 2.45) is 0 Å². The van der Waals surface area contributed by atoms with Crippen LogP contribution in [0.4, 0.5) is 10.9 Å². The molecule has 0 spiro atoms. The van der Waals surface area contributed by atoms with E-state index in [0.29, 0.717) is 11.7 Å². The van der Waals surface area contributed by atoms with E-state index in [4.69, 9.17) is 0 Å². The van der Waals surface area contributed by atoms with Crippen LogP contribution < -0.4 is 10.2 Å². The van der Waals surface area contributed by atoms with Gasteiger partial charge in [-0.2, -0.15) is 0 Å². The van der Waals surface area contributed by atoms with Crippen molar-refractivity contribution >= 4 is 44.1 Å². The first-order valence-corrected chi connectivity index (χ1v) is 10.7. The predicted octanol–water partition coefficient (Wildman–Crippen LogP) is 3.73. The number of piperazine rings is 1. The fourth-order valence-electron chi connectivity index (χ4n) is 3.12. The zero-order chi connectivity index (χ0) is 19.3. The van der Waals surface area contributed by atoms with Crippen LogP contribution in [0.25, 0.3) is 11.3 Å². The summed E-state index contributed by atoms with van der Waals surface area (Å²) in [4.78, 5) is 25.7. The highest BCUT2D eigenvalue weighted by Gasteiger charge is 2.20. The number of hydrogen-bond donors (Lipinski definition) is 1. The minimum Gasteiger partial charge on any atom is -0.354 e. The van der Waals surface area contributed by atoms with E-state index in [1.54, 1.807) is 0 Å². The number of rotatable bonds is 5. The fraction of sp³-hybridized carbons (Fsp3) is 0.250. The third-order valence-electron chi connectivity index (χ3n) is 4.60. The second kappa shape index (κ2) is 8.81. The number of hydrogen-bond acceptors (Lipinski definition) is 6. The second-order valence-electron chi connectivity index (χ2n) is 6.54. The largest absolute Gasteiger partial charge is 0.354 e. The second-order valence-corrected chi connectivity index (χ2v) is 8.32. The third kappa shape index (κ3) is 4.76. The molecule has 0 unspecified atom stereocenters. The van der Waals surface area contributed by atoms with E-state index in [1.165, 1.54) is 11.3 Å². The Morgan fingerprint density at radius 1 is 1.11 bits per heavy atom. The Kier molecular flexibility index (Phi) is 5.99. The quantitative estimate of drug-likeness (QED) is 0.632. The van der Waals surface area contributed by atoms with E-state index < -0.39 is 0 Å². The molecule has 1 amide bonds. The number of nitrogens with one attached hydrogen (secondary N) is 1. The van der Waals surface area contributed by atoms with E-state index in [2.05, 4.69) is 41.0 Å². The highest BCUT2D eigenvalue weighted by Crippen LogP contribution is 2.26. The molecule has 1 fully saturated rings. The topological polar surface area (TPSA) is 61.4 Å². The minimum atomic E-state index is -0.0250. The van der Waals surface area contributed by atoms with Crippen molar-refractivity contribution < 1.29 is 4.79 Å². The average molecular weight is 458 g/mol. The number of carbonyl (C=O) groups excluding carboxylic acids is 1. The van der Waals surface area contributed by atoms with Gasteiger partial charge in [0.05, 0.1) is 12.2 Å². The summed E-state index contributed by atoms with van der Waals surface area (Å²) in [6, 6.07) is 13.9. The summed E-state index contributed by atoms with van der Waals surface area (Å²) >= 11 is 4.88. The molecule has 0 saturated carbocycles. The van der Waals surface area contributed by atoms with Crippen molar-refractivity contribution in [1.82, 2.24) is 14.9 Å². The van der Waals surface area contributed by atoms with Gasteiger partial charge in [-0.05, 0) is 24.3 Å². The van der Waals surface area contributed by atoms with Crippen LogP contribution >= 0.6 is 27.3 Å². The number of anilines is 2. The summed E-state index contributed by atoms with van der Waals surface area (Å²) in [6.45, 7) is 3.80. The Morgan fingerprint density at radius 3 is 2.61 bits per heavy atom. The van der Waals surface area contributed by atoms with Crippen molar-refractivity contribution in [3.05, 3.63) is 58.5 Å². The Morgan fingerprint density at radius 2 is 1.89 bits per heavy atom. The first-order chi connectivity index (χ1) is 13.7. The number of nitrogens with zero attached hydrogens (tertiary/aromatic N) is 4. The molecular formula is C20H20BrN5OS. The van der Waals surface area contributed by atoms with E-state index in [1.807, 2.05) is 54.0 Å². The van der Waals surface area contributed by atoms with Gasteiger partial charge in [0.25, 0.3) is 0 Å². The molecule has 1 aliphatic rings. The normalized spacial score (nSPS) is 14.8. The van der Waals surface area contributed by atoms with Gasteiger partial charge >= 0.3 is 0 Å². The molecule has 0 aliphatic carbocycles. The fourth-order valence-corrected chi connectivity index (χ4v) is 4.12. The van der Waals surface area contributed by atoms with Gasteiger partial charge in [0, 0.05) is 47.8 Å². The van der Waals surface area contributed by atoms with E-state index in [0.717, 1.165) is 47.7 Å². The highest BCUT2D eigenvalue weighted by molar-refractivity contribution is 9.10. The number of carbonyl (C=O) groups is 1. The first-order valence-electron chi connectivity index (χ1n) is 9.07. The van der Waals surface area contributed by atoms with E-state index in [-0.39, 0.29) is 5.91 Å². The molecule has 0 atom stereocenters. The molecule has 28 heavy (non-hydrogen) atoms. The molecule has 1 aliphatic heterocycles. The lowest BCUT2D eigenvalue weighted by Crippen LogP contribution is -2.48. The van der Waals surface area contributed by atoms with Gasteiger partial charge in [0.15, 0.2) is 5.13 Å². The molecule has 2 aromatic heterocycles. The summed E-state index contributed by atoms with van der Waals surface area (Å²) < 4.78 is 1.03. The van der Waals surface area contributed by atoms with Gasteiger partial charge in [-0.1, -0.05) is 34.1 Å². The van der Waals surface area contributed by atoms with Crippen LogP contribution in [0, 0.1) is 0 Å². The maximum Gasteiger partial charge on any atom is 0.240 e. The van der Waals surface area contributed by atoms with Gasteiger partial charge < -0.3 is 10.2 Å². The Labute approximate surface area is 176 Å². The van der Waals surface area contributed by atoms with Gasteiger partial charge in [0.2, 0.25) is 5.91 Å². The Hall–Kier alpha value is -2.29. The van der Waals surface area contributed by atoms with Crippen LogP contribution in [-0.4, -0.2) is 53.5 Å². The van der Waals surface area contributed by atoms with Crippen molar-refractivity contribution in [2.75, 3.05) is 42.9 Å². The van der Waals surface area contributed by atoms with Crippen LogP contribution in [0.15, 0.2) is 58.5 Å². The maximum absolute atomic E-state index is 12.4. The summed E-state index contributed by atoms with van der Waals surface area (Å²) in [5.74, 6) is 0.970. The summed E-state index contributed by atoms with van der Waals surface area (Å²) in [5.41, 5.74) is 1.90. The van der Waals surface area contributed by atoms with Crippen LogP contribution in [-0.2, 0) is 4.79 Å². The molecule has 6 nitrogen and oxygen atoms in total. The number of benzene rings is 1. The Balaban J connectivity index is 1.28. The lowest BCUT2D eigenvalue weighted by Gasteiger charge is -2.34. The van der Waals surface area contributed by atoms with Crippen LogP contribution in [0.5, 0.6) is 0 Å². The standard InChI is InChI=1S/C20H20BrN5OS/c21-16-6-4-15(5-7-16)17-14-28-20(23-17)24-19(27)13-25-9-11-26(12-10-25)18-3-1-2-8-22-18/h1-8,14H,9-13H2,(H,23,24,27). The molecule has 0 radical (unpaired) electrons. The zero-order valence-corrected chi connectivity index (χ0v) is 17.6. The van der Waals surface area contributed by atoms with Crippen molar-refractivity contribution in [3.63, 3.8) is 0 Å². The van der Waals surface area contributed by atoms with Crippen molar-refractivity contribution in [1.29, 1.82) is 0 Å². The number of aromatic nitrogens is 2. The molecule has 144 valence electrons. The molecule has 1 aromatic carbocycles. The maximum atomic E-state index is 12.4. The van der Waals surface area contributed by atoms with Crippen LogP contribution in [0.2, 0.25) is 0 Å². The summed E-state index contributed by atoms with van der Waals surface area (Å²) in [7, 11) is 0. The molecule has 8 heteroatoms. The first kappa shape index (κ1) is 19.0. The third-order valence-corrected chi connectivity index (χ3v) is 5.89. The number of thiazole rings is 1. The van der Waals surface area contributed by atoms with E-state index >= 15 is 0 Å². The summed E-state index contributed by atoms with van der Waals surface area (Å²) in [5, 5.41) is 5.52. The predicted molar refractivity (Wildman–Crippen MR) is 117 cm³/mol. The molecular weight excluding hydrogens is 438 g/mol. The van der Waals surface area contributed by atoms with E-state index in [9.17, 15) is 4.79 Å². The average Bonchev–Trinajstić information content (AvgIpc) is 3.18.